The van der Waals surface area contributed by atoms with Crippen LogP contribution in [-0.4, -0.2) is 55.1 Å². The number of likely N-dealkylation sites (N-methyl/N-ethyl adjacent to an activating group) is 1. The fraction of sp³-hybridized carbons (Fsp3) is 0.667. The van der Waals surface area contributed by atoms with Gasteiger partial charge in [0.25, 0.3) is 0 Å². The highest BCUT2D eigenvalue weighted by Gasteiger charge is 2.17. The number of aromatic nitrogens is 2. The summed E-state index contributed by atoms with van der Waals surface area (Å²) in [4.78, 5) is 13.1. The number of rotatable bonds is 3. The van der Waals surface area contributed by atoms with Crippen molar-refractivity contribution in [3.8, 4) is 0 Å². The van der Waals surface area contributed by atoms with E-state index in [4.69, 9.17) is 0 Å². The summed E-state index contributed by atoms with van der Waals surface area (Å²) >= 11 is 0. The molecule has 1 aliphatic rings. The average Bonchev–Trinajstić information content (AvgIpc) is 2.29. The summed E-state index contributed by atoms with van der Waals surface area (Å²) in [6.45, 7) is 2.26. The Morgan fingerprint density at radius 2 is 2.29 bits per heavy atom. The van der Waals surface area contributed by atoms with Crippen LogP contribution in [-0.2, 0) is 0 Å². The molecule has 1 fully saturated rings. The molecule has 0 aliphatic carbocycles. The number of likely N-dealkylation sites (tertiary alicyclic amines) is 1. The highest BCUT2D eigenvalue weighted by molar-refractivity contribution is 5.41. The first-order valence-electron chi connectivity index (χ1n) is 6.10. The number of anilines is 2. The minimum atomic E-state index is 0.464. The van der Waals surface area contributed by atoms with Gasteiger partial charge in [0, 0.05) is 32.9 Å². The maximum atomic E-state index is 4.48. The van der Waals surface area contributed by atoms with E-state index in [1.54, 1.807) is 6.20 Å². The first kappa shape index (κ1) is 12.1. The third kappa shape index (κ3) is 3.30. The topological polar surface area (TPSA) is 44.3 Å². The van der Waals surface area contributed by atoms with E-state index in [0.29, 0.717) is 6.04 Å². The highest BCUT2D eigenvalue weighted by atomic mass is 15.2. The summed E-state index contributed by atoms with van der Waals surface area (Å²) < 4.78 is 0. The van der Waals surface area contributed by atoms with Crippen LogP contribution < -0.4 is 10.2 Å². The fourth-order valence-corrected chi connectivity index (χ4v) is 2.13. The molecular formula is C12H21N5. The van der Waals surface area contributed by atoms with Crippen molar-refractivity contribution in [3.05, 3.63) is 12.3 Å². The second-order valence-electron chi connectivity index (χ2n) is 4.88. The van der Waals surface area contributed by atoms with Crippen LogP contribution in [0.1, 0.15) is 12.8 Å². The highest BCUT2D eigenvalue weighted by Crippen LogP contribution is 2.14. The van der Waals surface area contributed by atoms with Crippen molar-refractivity contribution in [2.24, 2.45) is 0 Å². The summed E-state index contributed by atoms with van der Waals surface area (Å²) in [6, 6.07) is 2.38. The summed E-state index contributed by atoms with van der Waals surface area (Å²) in [7, 11) is 6.13. The van der Waals surface area contributed by atoms with Gasteiger partial charge in [-0.3, -0.25) is 0 Å². The molecule has 0 amide bonds. The van der Waals surface area contributed by atoms with Crippen molar-refractivity contribution in [2.45, 2.75) is 18.9 Å². The average molecular weight is 235 g/mol. The van der Waals surface area contributed by atoms with Crippen LogP contribution in [0.5, 0.6) is 0 Å². The van der Waals surface area contributed by atoms with E-state index in [-0.39, 0.29) is 0 Å². The van der Waals surface area contributed by atoms with Crippen molar-refractivity contribution >= 4 is 11.8 Å². The van der Waals surface area contributed by atoms with Gasteiger partial charge < -0.3 is 15.1 Å². The molecule has 1 aliphatic heterocycles. The van der Waals surface area contributed by atoms with Crippen LogP contribution in [0.2, 0.25) is 0 Å². The van der Waals surface area contributed by atoms with Gasteiger partial charge in [-0.05, 0) is 32.5 Å². The van der Waals surface area contributed by atoms with Gasteiger partial charge in [-0.15, -0.1) is 0 Å². The van der Waals surface area contributed by atoms with Crippen LogP contribution in [0.3, 0.4) is 0 Å². The monoisotopic (exact) mass is 235 g/mol. The van der Waals surface area contributed by atoms with Crippen molar-refractivity contribution < 1.29 is 0 Å². The summed E-state index contributed by atoms with van der Waals surface area (Å²) in [6.07, 6.45) is 4.23. The third-order valence-corrected chi connectivity index (χ3v) is 3.06. The first-order valence-corrected chi connectivity index (χ1v) is 6.10. The van der Waals surface area contributed by atoms with E-state index < -0.39 is 0 Å². The number of nitrogens with one attached hydrogen (secondary N) is 1. The zero-order chi connectivity index (χ0) is 12.3. The maximum absolute atomic E-state index is 4.48. The Kier molecular flexibility index (Phi) is 3.78. The van der Waals surface area contributed by atoms with Gasteiger partial charge >= 0.3 is 0 Å². The van der Waals surface area contributed by atoms with Gasteiger partial charge in [0.2, 0.25) is 5.95 Å². The molecule has 2 heterocycles. The Labute approximate surface area is 103 Å². The van der Waals surface area contributed by atoms with E-state index in [9.17, 15) is 0 Å². The molecule has 1 aromatic heterocycles. The molecule has 1 aromatic rings. The van der Waals surface area contributed by atoms with Crippen LogP contribution in [0.4, 0.5) is 11.8 Å². The molecule has 0 radical (unpaired) electrons. The zero-order valence-corrected chi connectivity index (χ0v) is 10.8. The molecule has 0 unspecified atom stereocenters. The minimum Gasteiger partial charge on any atom is -0.363 e. The molecule has 94 valence electrons. The SMILES string of the molecule is CN1CCC[C@H](Nc2nccc(N(C)C)n2)C1. The van der Waals surface area contributed by atoms with E-state index in [1.165, 1.54) is 19.4 Å². The van der Waals surface area contributed by atoms with Crippen molar-refractivity contribution in [1.29, 1.82) is 0 Å². The molecule has 2 rings (SSSR count). The van der Waals surface area contributed by atoms with E-state index in [0.717, 1.165) is 18.3 Å². The zero-order valence-electron chi connectivity index (χ0n) is 10.8. The minimum absolute atomic E-state index is 0.464. The van der Waals surface area contributed by atoms with E-state index in [2.05, 4.69) is 27.2 Å². The molecule has 17 heavy (non-hydrogen) atoms. The fourth-order valence-electron chi connectivity index (χ4n) is 2.13. The van der Waals surface area contributed by atoms with Gasteiger partial charge in [0.05, 0.1) is 0 Å². The lowest BCUT2D eigenvalue weighted by Crippen LogP contribution is -2.40. The van der Waals surface area contributed by atoms with Crippen molar-refractivity contribution in [2.75, 3.05) is 44.4 Å². The molecule has 0 aromatic carbocycles. The van der Waals surface area contributed by atoms with Crippen molar-refractivity contribution in [3.63, 3.8) is 0 Å². The van der Waals surface area contributed by atoms with Crippen LogP contribution >= 0.6 is 0 Å². The normalized spacial score (nSPS) is 21.2. The van der Waals surface area contributed by atoms with Gasteiger partial charge in [0.15, 0.2) is 0 Å². The number of hydrogen-bond donors (Lipinski definition) is 1. The molecular weight excluding hydrogens is 214 g/mol. The molecule has 0 bridgehead atoms. The van der Waals surface area contributed by atoms with Crippen LogP contribution in [0.15, 0.2) is 12.3 Å². The Bertz CT molecular complexity index is 366. The number of nitrogens with zero attached hydrogens (tertiary/aromatic N) is 4. The van der Waals surface area contributed by atoms with Gasteiger partial charge in [-0.1, -0.05) is 0 Å². The molecule has 0 spiro atoms. The predicted molar refractivity (Wildman–Crippen MR) is 70.5 cm³/mol. The smallest absolute Gasteiger partial charge is 0.224 e. The summed E-state index contributed by atoms with van der Waals surface area (Å²) in [5.41, 5.74) is 0. The molecule has 0 saturated carbocycles. The van der Waals surface area contributed by atoms with Gasteiger partial charge in [0.1, 0.15) is 5.82 Å². The maximum Gasteiger partial charge on any atom is 0.224 e. The standard InChI is InChI=1S/C12H21N5/c1-16(2)11-6-7-13-12(15-11)14-10-5-4-8-17(3)9-10/h6-7,10H,4-5,8-9H2,1-3H3,(H,13,14,15)/t10-/m0/s1. The van der Waals surface area contributed by atoms with Gasteiger partial charge in [-0.25, -0.2) is 4.98 Å². The molecule has 5 heteroatoms. The molecule has 1 atom stereocenters. The predicted octanol–water partition coefficient (Wildman–Crippen LogP) is 1.05. The number of piperidine rings is 1. The Hall–Kier alpha value is -1.36. The molecule has 1 saturated heterocycles. The van der Waals surface area contributed by atoms with Crippen LogP contribution in [0, 0.1) is 0 Å². The molecule has 1 N–H and O–H groups in total. The second-order valence-corrected chi connectivity index (χ2v) is 4.88. The van der Waals surface area contributed by atoms with E-state index in [1.807, 2.05) is 25.1 Å². The van der Waals surface area contributed by atoms with Gasteiger partial charge in [-0.2, -0.15) is 4.98 Å². The quantitative estimate of drug-likeness (QED) is 0.848. The third-order valence-electron chi connectivity index (χ3n) is 3.06. The Morgan fingerprint density at radius 3 is 3.00 bits per heavy atom. The van der Waals surface area contributed by atoms with Crippen molar-refractivity contribution in [1.82, 2.24) is 14.9 Å². The lowest BCUT2D eigenvalue weighted by Gasteiger charge is -2.30. The Morgan fingerprint density at radius 1 is 1.47 bits per heavy atom. The first-order chi connectivity index (χ1) is 8.15. The van der Waals surface area contributed by atoms with E-state index >= 15 is 0 Å². The lowest BCUT2D eigenvalue weighted by molar-refractivity contribution is 0.260. The largest absolute Gasteiger partial charge is 0.363 e. The Balaban J connectivity index is 2.00. The molecule has 5 nitrogen and oxygen atoms in total. The summed E-state index contributed by atoms with van der Waals surface area (Å²) in [5.74, 6) is 1.67. The second kappa shape index (κ2) is 5.31. The summed E-state index contributed by atoms with van der Waals surface area (Å²) in [5, 5.41) is 3.42. The van der Waals surface area contributed by atoms with Crippen LogP contribution in [0.25, 0.3) is 0 Å². The lowest BCUT2D eigenvalue weighted by atomic mass is 10.1. The number of hydrogen-bond acceptors (Lipinski definition) is 5.